The van der Waals surface area contributed by atoms with E-state index in [2.05, 4.69) is 10.3 Å². The molecule has 1 aromatic heterocycles. The van der Waals surface area contributed by atoms with Crippen LogP contribution < -0.4 is 15.8 Å². The Bertz CT molecular complexity index is 500. The molecule has 0 amide bonds. The zero-order chi connectivity index (χ0) is 12.1. The van der Waals surface area contributed by atoms with E-state index >= 15 is 0 Å². The molecule has 2 rings (SSSR count). The van der Waals surface area contributed by atoms with E-state index < -0.39 is 0 Å². The molecule has 3 N–H and O–H groups in total. The summed E-state index contributed by atoms with van der Waals surface area (Å²) in [5.74, 6) is 1.56. The third-order valence-electron chi connectivity index (χ3n) is 2.20. The molecule has 4 heteroatoms. The highest BCUT2D eigenvalue weighted by molar-refractivity contribution is 5.60. The first kappa shape index (κ1) is 11.3. The lowest BCUT2D eigenvalue weighted by atomic mass is 10.3. The smallest absolute Gasteiger partial charge is 0.132 e. The molecule has 0 unspecified atom stereocenters. The normalized spacial score (nSPS) is 9.94. The molecular formula is C13H15N3O. The van der Waals surface area contributed by atoms with Crippen molar-refractivity contribution in [1.29, 1.82) is 0 Å². The number of nitrogens with zero attached hydrogens (tertiary/aromatic N) is 1. The number of rotatable bonds is 4. The van der Waals surface area contributed by atoms with Crippen molar-refractivity contribution in [3.05, 3.63) is 42.6 Å². The monoisotopic (exact) mass is 229 g/mol. The van der Waals surface area contributed by atoms with Crippen LogP contribution >= 0.6 is 0 Å². The van der Waals surface area contributed by atoms with Crippen molar-refractivity contribution in [2.75, 3.05) is 17.7 Å². The second-order valence-corrected chi connectivity index (χ2v) is 3.56. The number of pyridine rings is 1. The fraction of sp³-hybridized carbons (Fsp3) is 0.154. The van der Waals surface area contributed by atoms with Gasteiger partial charge < -0.3 is 15.8 Å². The van der Waals surface area contributed by atoms with Crippen LogP contribution in [0.2, 0.25) is 0 Å². The number of benzene rings is 1. The molecule has 0 aliphatic heterocycles. The molecule has 0 aliphatic carbocycles. The third kappa shape index (κ3) is 3.11. The molecule has 2 aromatic rings. The van der Waals surface area contributed by atoms with Gasteiger partial charge in [-0.25, -0.2) is 4.98 Å². The Morgan fingerprint density at radius 3 is 2.94 bits per heavy atom. The number of ether oxygens (including phenoxy) is 1. The van der Waals surface area contributed by atoms with Crippen molar-refractivity contribution in [1.82, 2.24) is 4.98 Å². The summed E-state index contributed by atoms with van der Waals surface area (Å²) in [6.45, 7) is 2.61. The molecule has 1 heterocycles. The lowest BCUT2D eigenvalue weighted by molar-refractivity contribution is 0.340. The van der Waals surface area contributed by atoms with E-state index in [1.165, 1.54) is 0 Å². The van der Waals surface area contributed by atoms with Gasteiger partial charge in [0.1, 0.15) is 11.6 Å². The molecule has 0 atom stereocenters. The minimum Gasteiger partial charge on any atom is -0.494 e. The number of aromatic nitrogens is 1. The van der Waals surface area contributed by atoms with Crippen LogP contribution in [0.4, 0.5) is 17.2 Å². The van der Waals surface area contributed by atoms with Gasteiger partial charge in [-0.15, -0.1) is 0 Å². The van der Waals surface area contributed by atoms with Crippen LogP contribution in [0.15, 0.2) is 42.6 Å². The van der Waals surface area contributed by atoms with Gasteiger partial charge in [0.05, 0.1) is 6.61 Å². The van der Waals surface area contributed by atoms with Gasteiger partial charge in [-0.3, -0.25) is 0 Å². The minimum atomic E-state index is 0.653. The van der Waals surface area contributed by atoms with Gasteiger partial charge in [0.2, 0.25) is 0 Å². The zero-order valence-electron chi connectivity index (χ0n) is 9.68. The van der Waals surface area contributed by atoms with E-state index in [0.717, 1.165) is 17.3 Å². The van der Waals surface area contributed by atoms with Crippen molar-refractivity contribution in [3.8, 4) is 5.75 Å². The number of nitrogen functional groups attached to an aromatic ring is 1. The predicted octanol–water partition coefficient (Wildman–Crippen LogP) is 2.81. The molecule has 17 heavy (non-hydrogen) atoms. The molecular weight excluding hydrogens is 214 g/mol. The van der Waals surface area contributed by atoms with Gasteiger partial charge in [0, 0.05) is 29.7 Å². The summed E-state index contributed by atoms with van der Waals surface area (Å²) >= 11 is 0. The van der Waals surface area contributed by atoms with Gasteiger partial charge in [-0.05, 0) is 25.1 Å². The Morgan fingerprint density at radius 2 is 2.18 bits per heavy atom. The zero-order valence-corrected chi connectivity index (χ0v) is 9.68. The van der Waals surface area contributed by atoms with Crippen molar-refractivity contribution in [3.63, 3.8) is 0 Å². The van der Waals surface area contributed by atoms with Crippen molar-refractivity contribution >= 4 is 17.2 Å². The van der Waals surface area contributed by atoms with Crippen LogP contribution in [-0.2, 0) is 0 Å². The highest BCUT2D eigenvalue weighted by atomic mass is 16.5. The average molecular weight is 229 g/mol. The molecule has 0 saturated heterocycles. The van der Waals surface area contributed by atoms with Gasteiger partial charge >= 0.3 is 0 Å². The van der Waals surface area contributed by atoms with E-state index in [1.807, 2.05) is 31.2 Å². The number of hydrogen-bond acceptors (Lipinski definition) is 4. The quantitative estimate of drug-likeness (QED) is 0.846. The summed E-state index contributed by atoms with van der Waals surface area (Å²) in [6, 6.07) is 11.3. The van der Waals surface area contributed by atoms with Crippen LogP contribution in [0.3, 0.4) is 0 Å². The Morgan fingerprint density at radius 1 is 1.29 bits per heavy atom. The Balaban J connectivity index is 2.15. The summed E-state index contributed by atoms with van der Waals surface area (Å²) in [4.78, 5) is 4.18. The lowest BCUT2D eigenvalue weighted by Gasteiger charge is -2.08. The van der Waals surface area contributed by atoms with E-state index in [4.69, 9.17) is 10.5 Å². The van der Waals surface area contributed by atoms with E-state index in [0.29, 0.717) is 12.3 Å². The number of hydrogen-bond donors (Lipinski definition) is 2. The van der Waals surface area contributed by atoms with E-state index in [9.17, 15) is 0 Å². The summed E-state index contributed by atoms with van der Waals surface area (Å²) in [5, 5.41) is 3.17. The Labute approximate surface area is 100 Å². The topological polar surface area (TPSA) is 60.2 Å². The first-order valence-electron chi connectivity index (χ1n) is 5.49. The Kier molecular flexibility index (Phi) is 3.45. The molecule has 0 fully saturated rings. The number of nitrogens with one attached hydrogen (secondary N) is 1. The maximum absolute atomic E-state index is 5.69. The molecule has 4 nitrogen and oxygen atoms in total. The molecule has 88 valence electrons. The average Bonchev–Trinajstić information content (AvgIpc) is 2.30. The highest BCUT2D eigenvalue weighted by Crippen LogP contribution is 2.21. The summed E-state index contributed by atoms with van der Waals surface area (Å²) < 4.78 is 5.42. The number of nitrogens with two attached hydrogens (primary N) is 1. The molecule has 0 spiro atoms. The van der Waals surface area contributed by atoms with Crippen molar-refractivity contribution in [2.24, 2.45) is 0 Å². The first-order chi connectivity index (χ1) is 8.28. The highest BCUT2D eigenvalue weighted by Gasteiger charge is 1.98. The molecule has 1 aromatic carbocycles. The minimum absolute atomic E-state index is 0.653. The van der Waals surface area contributed by atoms with Crippen LogP contribution in [0.5, 0.6) is 5.75 Å². The van der Waals surface area contributed by atoms with Gasteiger partial charge in [0.15, 0.2) is 0 Å². The van der Waals surface area contributed by atoms with Crippen LogP contribution in [0, 0.1) is 0 Å². The van der Waals surface area contributed by atoms with Gasteiger partial charge in [-0.1, -0.05) is 6.07 Å². The largest absolute Gasteiger partial charge is 0.494 e. The maximum Gasteiger partial charge on any atom is 0.132 e. The predicted molar refractivity (Wildman–Crippen MR) is 69.5 cm³/mol. The summed E-state index contributed by atoms with van der Waals surface area (Å²) in [5.41, 5.74) is 7.29. The lowest BCUT2D eigenvalue weighted by Crippen LogP contribution is -1.96. The second-order valence-electron chi connectivity index (χ2n) is 3.56. The van der Waals surface area contributed by atoms with Gasteiger partial charge in [-0.2, -0.15) is 0 Å². The standard InChI is InChI=1S/C13H15N3O/c1-2-17-12-5-3-4-11(9-12)16-13-8-10(14)6-7-15-13/h3-9H,2H2,1H3,(H3,14,15,16). The maximum atomic E-state index is 5.69. The fourth-order valence-corrected chi connectivity index (χ4v) is 1.49. The Hall–Kier alpha value is -2.23. The fourth-order valence-electron chi connectivity index (χ4n) is 1.49. The molecule has 0 radical (unpaired) electrons. The number of anilines is 3. The third-order valence-corrected chi connectivity index (χ3v) is 2.20. The van der Waals surface area contributed by atoms with Crippen LogP contribution in [0.25, 0.3) is 0 Å². The van der Waals surface area contributed by atoms with Crippen molar-refractivity contribution < 1.29 is 4.74 Å². The molecule has 0 aliphatic rings. The SMILES string of the molecule is CCOc1cccc(Nc2cc(N)ccn2)c1. The summed E-state index contributed by atoms with van der Waals surface area (Å²) in [6.07, 6.45) is 1.67. The van der Waals surface area contributed by atoms with E-state index in [-0.39, 0.29) is 0 Å². The van der Waals surface area contributed by atoms with Crippen molar-refractivity contribution in [2.45, 2.75) is 6.92 Å². The molecule has 0 saturated carbocycles. The summed E-state index contributed by atoms with van der Waals surface area (Å²) in [7, 11) is 0. The van der Waals surface area contributed by atoms with Crippen LogP contribution in [-0.4, -0.2) is 11.6 Å². The first-order valence-corrected chi connectivity index (χ1v) is 5.49. The van der Waals surface area contributed by atoms with E-state index in [1.54, 1.807) is 18.3 Å². The van der Waals surface area contributed by atoms with Crippen LogP contribution in [0.1, 0.15) is 6.92 Å². The second kappa shape index (κ2) is 5.21. The van der Waals surface area contributed by atoms with Gasteiger partial charge in [0.25, 0.3) is 0 Å². The molecule has 0 bridgehead atoms.